The minimum Gasteiger partial charge on any atom is -0.418 e. The van der Waals surface area contributed by atoms with Gasteiger partial charge in [-0.15, -0.1) is 0 Å². The maximum Gasteiger partial charge on any atom is 0.326 e. The molecule has 0 atom stereocenters. The van der Waals surface area contributed by atoms with Gasteiger partial charge in [-0.2, -0.15) is 9.97 Å². The van der Waals surface area contributed by atoms with Crippen molar-refractivity contribution in [1.29, 1.82) is 0 Å². The first kappa shape index (κ1) is 21.4. The second-order valence-corrected chi connectivity index (χ2v) is 8.64. The number of rotatable bonds is 4. The number of allylic oxidation sites excluding steroid dienone is 1. The normalized spacial score (nSPS) is 18.1. The van der Waals surface area contributed by atoms with Crippen LogP contribution >= 0.6 is 0 Å². The zero-order valence-electron chi connectivity index (χ0n) is 18.8. The van der Waals surface area contributed by atoms with Gasteiger partial charge < -0.3 is 19.9 Å². The van der Waals surface area contributed by atoms with Crippen LogP contribution < -0.4 is 15.0 Å². The summed E-state index contributed by atoms with van der Waals surface area (Å²) in [4.78, 5) is 21.8. The summed E-state index contributed by atoms with van der Waals surface area (Å²) in [7, 11) is 2.06. The fourth-order valence-corrected chi connectivity index (χ4v) is 4.09. The molecule has 0 bridgehead atoms. The van der Waals surface area contributed by atoms with Gasteiger partial charge in [-0.05, 0) is 38.9 Å². The number of guanidine groups is 1. The number of hydrogen-bond donors (Lipinski definition) is 1. The molecule has 1 aromatic carbocycles. The van der Waals surface area contributed by atoms with Gasteiger partial charge in [0.05, 0.1) is 6.54 Å². The Morgan fingerprint density at radius 2 is 1.85 bits per heavy atom. The zero-order valence-corrected chi connectivity index (χ0v) is 18.8. The second kappa shape index (κ2) is 8.51. The highest BCUT2D eigenvalue weighted by Crippen LogP contribution is 2.36. The van der Waals surface area contributed by atoms with Crippen LogP contribution in [0.5, 0.6) is 11.8 Å². The van der Waals surface area contributed by atoms with Crippen LogP contribution in [-0.2, 0) is 6.42 Å². The van der Waals surface area contributed by atoms with Crippen LogP contribution in [0.3, 0.4) is 0 Å². The molecule has 1 aromatic heterocycles. The first-order valence-corrected chi connectivity index (χ1v) is 10.9. The summed E-state index contributed by atoms with van der Waals surface area (Å²) in [5, 5.41) is 3.06. The van der Waals surface area contributed by atoms with Crippen LogP contribution in [0.15, 0.2) is 27.7 Å². The molecule has 0 spiro atoms. The molecule has 0 saturated carbocycles. The second-order valence-electron chi connectivity index (χ2n) is 8.64. The number of benzene rings is 1. The van der Waals surface area contributed by atoms with Crippen molar-refractivity contribution >= 4 is 29.4 Å². The van der Waals surface area contributed by atoms with E-state index in [2.05, 4.69) is 42.1 Å². The van der Waals surface area contributed by atoms with Gasteiger partial charge >= 0.3 is 6.01 Å². The summed E-state index contributed by atoms with van der Waals surface area (Å²) in [5.74, 6) is -0.607. The molecule has 1 fully saturated rings. The minimum absolute atomic E-state index is 0.148. The third-order valence-electron chi connectivity index (χ3n) is 5.87. The van der Waals surface area contributed by atoms with Crippen molar-refractivity contribution < 1.29 is 13.5 Å². The minimum atomic E-state index is -0.780. The van der Waals surface area contributed by atoms with Crippen molar-refractivity contribution in [2.24, 2.45) is 9.98 Å². The number of hydrogen-bond acceptors (Lipinski definition) is 8. The fourth-order valence-electron chi connectivity index (χ4n) is 4.09. The van der Waals surface area contributed by atoms with Crippen LogP contribution in [-0.4, -0.2) is 66.3 Å². The lowest BCUT2D eigenvalue weighted by Gasteiger charge is -2.33. The van der Waals surface area contributed by atoms with Gasteiger partial charge in [-0.3, -0.25) is 0 Å². The van der Waals surface area contributed by atoms with Gasteiger partial charge in [-0.1, -0.05) is 11.6 Å². The van der Waals surface area contributed by atoms with Crippen molar-refractivity contribution in [3.63, 3.8) is 0 Å². The van der Waals surface area contributed by atoms with E-state index in [9.17, 15) is 4.39 Å². The Kier molecular flexibility index (Phi) is 5.53. The lowest BCUT2D eigenvalue weighted by molar-refractivity contribution is 0.311. The lowest BCUT2D eigenvalue weighted by atomic mass is 10.1. The molecule has 0 radical (unpaired) electrons. The van der Waals surface area contributed by atoms with Crippen LogP contribution in [0, 0.1) is 11.6 Å². The summed E-state index contributed by atoms with van der Waals surface area (Å²) >= 11 is 0. The summed E-state index contributed by atoms with van der Waals surface area (Å²) in [5.41, 5.74) is 2.81. The molecule has 2 aliphatic heterocycles. The number of halogens is 2. The molecular weight excluding hydrogens is 428 g/mol. The lowest BCUT2D eigenvalue weighted by Crippen LogP contribution is -2.44. The summed E-state index contributed by atoms with van der Waals surface area (Å²) in [6.07, 6.45) is 2.24. The molecule has 0 amide bonds. The molecular formula is C23H25F2N7O. The third kappa shape index (κ3) is 4.43. The number of ether oxygens (including phenoxy) is 1. The van der Waals surface area contributed by atoms with Crippen LogP contribution in [0.25, 0.3) is 6.08 Å². The van der Waals surface area contributed by atoms with E-state index in [-0.39, 0.29) is 6.01 Å². The Balaban J connectivity index is 1.49. The van der Waals surface area contributed by atoms with Crippen molar-refractivity contribution in [3.05, 3.63) is 40.5 Å². The molecule has 3 heterocycles. The highest BCUT2D eigenvalue weighted by molar-refractivity contribution is 6.07. The van der Waals surface area contributed by atoms with Crippen LogP contribution in [0.2, 0.25) is 0 Å². The highest BCUT2D eigenvalue weighted by Gasteiger charge is 2.25. The topological polar surface area (TPSA) is 78.2 Å². The maximum absolute atomic E-state index is 15.1. The van der Waals surface area contributed by atoms with E-state index < -0.39 is 17.4 Å². The maximum atomic E-state index is 15.1. The Hall–Kier alpha value is -3.40. The van der Waals surface area contributed by atoms with E-state index in [4.69, 9.17) is 4.74 Å². The smallest absolute Gasteiger partial charge is 0.326 e. The van der Waals surface area contributed by atoms with Crippen molar-refractivity contribution in [3.8, 4) is 11.8 Å². The van der Waals surface area contributed by atoms with Crippen molar-refractivity contribution in [2.75, 3.05) is 50.0 Å². The van der Waals surface area contributed by atoms with E-state index in [1.807, 2.05) is 13.8 Å². The Morgan fingerprint density at radius 3 is 2.58 bits per heavy atom. The Bertz CT molecular complexity index is 1200. The van der Waals surface area contributed by atoms with Gasteiger partial charge in [0.15, 0.2) is 11.6 Å². The Morgan fingerprint density at radius 1 is 1.06 bits per heavy atom. The highest BCUT2D eigenvalue weighted by atomic mass is 19.1. The molecule has 5 rings (SSSR count). The summed E-state index contributed by atoms with van der Waals surface area (Å²) < 4.78 is 35.5. The molecule has 172 valence electrons. The van der Waals surface area contributed by atoms with Gasteiger partial charge in [0.25, 0.3) is 0 Å². The van der Waals surface area contributed by atoms with E-state index >= 15 is 4.39 Å². The average molecular weight is 453 g/mol. The largest absolute Gasteiger partial charge is 0.418 e. The van der Waals surface area contributed by atoms with E-state index in [0.29, 0.717) is 41.7 Å². The number of nitrogens with zero attached hydrogens (tertiary/aromatic N) is 6. The predicted molar refractivity (Wildman–Crippen MR) is 125 cm³/mol. The molecule has 0 unspecified atom stereocenters. The van der Waals surface area contributed by atoms with Crippen molar-refractivity contribution in [1.82, 2.24) is 14.9 Å². The van der Waals surface area contributed by atoms with Gasteiger partial charge in [0.1, 0.15) is 11.6 Å². The number of likely N-dealkylation sites (N-methyl/N-ethyl adjacent to an activating group) is 1. The third-order valence-corrected chi connectivity index (χ3v) is 5.87. The monoisotopic (exact) mass is 453 g/mol. The average Bonchev–Trinajstić information content (AvgIpc) is 3.36. The fraction of sp³-hybridized carbons (Fsp3) is 0.391. The van der Waals surface area contributed by atoms with Gasteiger partial charge in [0, 0.05) is 43.5 Å². The molecule has 1 aliphatic carbocycles. The van der Waals surface area contributed by atoms with Crippen LogP contribution in [0.4, 0.5) is 20.4 Å². The predicted octanol–water partition coefficient (Wildman–Crippen LogP) is 3.50. The molecule has 1 saturated heterocycles. The van der Waals surface area contributed by atoms with Gasteiger partial charge in [0.2, 0.25) is 11.7 Å². The molecule has 3 aliphatic rings. The van der Waals surface area contributed by atoms with Crippen molar-refractivity contribution in [2.45, 2.75) is 20.3 Å². The van der Waals surface area contributed by atoms with Gasteiger partial charge in [-0.25, -0.2) is 18.8 Å². The van der Waals surface area contributed by atoms with E-state index in [0.717, 1.165) is 37.5 Å². The van der Waals surface area contributed by atoms with E-state index in [1.54, 1.807) is 12.1 Å². The standard InChI is InChI=1S/C23H25F2N7O/c1-13-8-15-10-17(24)21(20(25)16(15)9-13)33-23-29-18(28-22-26-12-14(2)27-22)11-19(30-23)32-6-4-31(3)5-7-32/h9-11H,4-8,12H2,1-3H3,(H,26,28,29,30). The molecule has 1 N–H and O–H groups in total. The zero-order chi connectivity index (χ0) is 23.1. The first-order valence-electron chi connectivity index (χ1n) is 10.9. The molecule has 8 nitrogen and oxygen atoms in total. The molecule has 10 heteroatoms. The van der Waals surface area contributed by atoms with E-state index in [1.165, 1.54) is 6.07 Å². The van der Waals surface area contributed by atoms with Crippen LogP contribution in [0.1, 0.15) is 25.0 Å². The SMILES string of the molecule is CC1=Cc2c(cc(F)c(Oc3nc(NC4=NCC(C)=N4)cc(N4CCN(C)CC4)n3)c2F)C1. The summed E-state index contributed by atoms with van der Waals surface area (Å²) in [6, 6.07) is 2.94. The summed E-state index contributed by atoms with van der Waals surface area (Å²) in [6.45, 7) is 7.55. The number of fused-ring (bicyclic) bond motifs is 1. The molecule has 2 aromatic rings. The Labute approximate surface area is 190 Å². The number of piperazine rings is 1. The number of anilines is 2. The molecule has 33 heavy (non-hydrogen) atoms. The quantitative estimate of drug-likeness (QED) is 0.764. The first-order chi connectivity index (χ1) is 15.9. The number of nitrogens with one attached hydrogen (secondary N) is 1. The number of aromatic nitrogens is 2. The number of aliphatic imine (C=N–C) groups is 2.